The van der Waals surface area contributed by atoms with Crippen LogP contribution in [0.4, 0.5) is 0 Å². The topological polar surface area (TPSA) is 72.2 Å². The number of ether oxygens (including phenoxy) is 2. The second-order valence-corrected chi connectivity index (χ2v) is 6.43. The number of fused-ring (bicyclic) bond motifs is 2. The molecular weight excluding hydrogens is 469 g/mol. The molecule has 1 unspecified atom stereocenters. The molecule has 7 nitrogen and oxygen atoms in total. The second kappa shape index (κ2) is 9.13. The van der Waals surface area contributed by atoms with Gasteiger partial charge < -0.3 is 24.5 Å². The zero-order valence-electron chi connectivity index (χ0n) is 15.9. The van der Waals surface area contributed by atoms with Gasteiger partial charge in [-0.1, -0.05) is 18.2 Å². The van der Waals surface area contributed by atoms with Crippen molar-refractivity contribution in [1.29, 1.82) is 0 Å². The number of aliphatic imine (C=N–C) groups is 1. The van der Waals surface area contributed by atoms with Gasteiger partial charge in [0.15, 0.2) is 17.5 Å². The van der Waals surface area contributed by atoms with Crippen LogP contribution in [0.1, 0.15) is 11.4 Å². The van der Waals surface area contributed by atoms with E-state index in [1.165, 1.54) is 0 Å². The minimum absolute atomic E-state index is 0. The molecule has 1 aliphatic heterocycles. The van der Waals surface area contributed by atoms with Gasteiger partial charge in [-0.15, -0.1) is 24.0 Å². The lowest BCUT2D eigenvalue weighted by atomic mass is 10.2. The Morgan fingerprint density at radius 3 is 2.79 bits per heavy atom. The van der Waals surface area contributed by atoms with Crippen molar-refractivity contribution in [1.82, 2.24) is 20.0 Å². The molecule has 148 valence electrons. The highest BCUT2D eigenvalue weighted by Gasteiger charge is 2.20. The molecule has 2 aromatic heterocycles. The molecule has 0 amide bonds. The number of nitrogens with one attached hydrogen (secondary N) is 2. The summed E-state index contributed by atoms with van der Waals surface area (Å²) in [4.78, 5) is 8.89. The van der Waals surface area contributed by atoms with Gasteiger partial charge in [0.2, 0.25) is 0 Å². The SMILES string of the molecule is CN=C(NCc1cn2c(C)cccc2n1)NCC1COc2ccccc2O1.I. The molecule has 0 fully saturated rings. The number of nitrogens with zero attached hydrogens (tertiary/aromatic N) is 3. The van der Waals surface area contributed by atoms with Crippen LogP contribution in [0, 0.1) is 6.92 Å². The van der Waals surface area contributed by atoms with Crippen LogP contribution in [0.2, 0.25) is 0 Å². The molecule has 1 atom stereocenters. The van der Waals surface area contributed by atoms with Crippen LogP contribution in [0.25, 0.3) is 5.65 Å². The molecule has 28 heavy (non-hydrogen) atoms. The van der Waals surface area contributed by atoms with Crippen molar-refractivity contribution in [3.63, 3.8) is 0 Å². The largest absolute Gasteiger partial charge is 0.486 e. The number of aromatic nitrogens is 2. The first-order valence-corrected chi connectivity index (χ1v) is 8.99. The van der Waals surface area contributed by atoms with Crippen LogP contribution in [0.15, 0.2) is 53.7 Å². The summed E-state index contributed by atoms with van der Waals surface area (Å²) >= 11 is 0. The molecule has 4 rings (SSSR count). The lowest BCUT2D eigenvalue weighted by Crippen LogP contribution is -2.45. The molecule has 3 heterocycles. The van der Waals surface area contributed by atoms with Crippen LogP contribution in [0.5, 0.6) is 11.5 Å². The van der Waals surface area contributed by atoms with Gasteiger partial charge in [0, 0.05) is 18.9 Å². The van der Waals surface area contributed by atoms with Crippen LogP contribution < -0.4 is 20.1 Å². The monoisotopic (exact) mass is 493 g/mol. The second-order valence-electron chi connectivity index (χ2n) is 6.43. The van der Waals surface area contributed by atoms with Gasteiger partial charge in [0.1, 0.15) is 18.4 Å². The number of para-hydroxylation sites is 2. The fourth-order valence-electron chi connectivity index (χ4n) is 3.05. The molecule has 2 N–H and O–H groups in total. The smallest absolute Gasteiger partial charge is 0.191 e. The normalized spacial score (nSPS) is 15.8. The first-order valence-electron chi connectivity index (χ1n) is 8.99. The van der Waals surface area contributed by atoms with Crippen molar-refractivity contribution in [2.45, 2.75) is 19.6 Å². The van der Waals surface area contributed by atoms with Gasteiger partial charge in [0.25, 0.3) is 0 Å². The number of benzene rings is 1. The number of guanidine groups is 1. The molecule has 0 saturated heterocycles. The molecule has 0 radical (unpaired) electrons. The van der Waals surface area contributed by atoms with E-state index < -0.39 is 0 Å². The standard InChI is InChI=1S/C20H23N5O2.HI/c1-14-6-5-9-19-24-15(12-25(14)19)10-22-20(21-2)23-11-16-13-26-17-7-3-4-8-18(17)27-16;/h3-9,12,16H,10-11,13H2,1-2H3,(H2,21,22,23);1H. The van der Waals surface area contributed by atoms with E-state index in [2.05, 4.69) is 38.0 Å². The highest BCUT2D eigenvalue weighted by molar-refractivity contribution is 14.0. The molecule has 1 aliphatic rings. The van der Waals surface area contributed by atoms with E-state index in [9.17, 15) is 0 Å². The quantitative estimate of drug-likeness (QED) is 0.333. The predicted molar refractivity (Wildman–Crippen MR) is 120 cm³/mol. The maximum atomic E-state index is 5.96. The third-order valence-electron chi connectivity index (χ3n) is 4.47. The Balaban J connectivity index is 0.00000225. The van der Waals surface area contributed by atoms with Crippen molar-refractivity contribution >= 4 is 35.6 Å². The number of imidazole rings is 1. The molecule has 0 bridgehead atoms. The zero-order valence-corrected chi connectivity index (χ0v) is 18.2. The van der Waals surface area contributed by atoms with Gasteiger partial charge in [-0.3, -0.25) is 4.99 Å². The maximum Gasteiger partial charge on any atom is 0.191 e. The third kappa shape index (κ3) is 4.49. The Hall–Kier alpha value is -2.49. The summed E-state index contributed by atoms with van der Waals surface area (Å²) in [5.41, 5.74) is 3.06. The predicted octanol–water partition coefficient (Wildman–Crippen LogP) is 2.77. The molecule has 3 aromatic rings. The number of hydrogen-bond donors (Lipinski definition) is 2. The molecule has 0 aliphatic carbocycles. The summed E-state index contributed by atoms with van der Waals surface area (Å²) in [6, 6.07) is 13.8. The van der Waals surface area contributed by atoms with E-state index in [1.54, 1.807) is 7.05 Å². The average Bonchev–Trinajstić information content (AvgIpc) is 3.12. The van der Waals surface area contributed by atoms with E-state index in [4.69, 9.17) is 9.47 Å². The summed E-state index contributed by atoms with van der Waals surface area (Å²) in [6.07, 6.45) is 1.97. The minimum atomic E-state index is -0.0729. The molecule has 0 spiro atoms. The number of halogens is 1. The molecule has 0 saturated carbocycles. The minimum Gasteiger partial charge on any atom is -0.486 e. The number of pyridine rings is 1. The van der Waals surface area contributed by atoms with Crippen molar-refractivity contribution in [3.8, 4) is 11.5 Å². The highest BCUT2D eigenvalue weighted by Crippen LogP contribution is 2.30. The summed E-state index contributed by atoms with van der Waals surface area (Å²) in [5, 5.41) is 6.58. The van der Waals surface area contributed by atoms with E-state index in [0.717, 1.165) is 28.5 Å². The lowest BCUT2D eigenvalue weighted by molar-refractivity contribution is 0.0936. The fourth-order valence-corrected chi connectivity index (χ4v) is 3.05. The van der Waals surface area contributed by atoms with Crippen molar-refractivity contribution < 1.29 is 9.47 Å². The van der Waals surface area contributed by atoms with Crippen LogP contribution in [-0.2, 0) is 6.54 Å². The number of aryl methyl sites for hydroxylation is 1. The van der Waals surface area contributed by atoms with Gasteiger partial charge in [-0.25, -0.2) is 4.98 Å². The van der Waals surface area contributed by atoms with Crippen LogP contribution in [0.3, 0.4) is 0 Å². The van der Waals surface area contributed by atoms with Crippen LogP contribution >= 0.6 is 24.0 Å². The third-order valence-corrected chi connectivity index (χ3v) is 4.47. The van der Waals surface area contributed by atoms with Gasteiger partial charge in [0.05, 0.1) is 18.8 Å². The molecule has 1 aromatic carbocycles. The summed E-state index contributed by atoms with van der Waals surface area (Å²) < 4.78 is 13.8. The van der Waals surface area contributed by atoms with Gasteiger partial charge in [-0.2, -0.15) is 0 Å². The Morgan fingerprint density at radius 1 is 1.18 bits per heavy atom. The average molecular weight is 493 g/mol. The van der Waals surface area contributed by atoms with Gasteiger partial charge in [-0.05, 0) is 31.2 Å². The van der Waals surface area contributed by atoms with Crippen molar-refractivity contribution in [2.24, 2.45) is 4.99 Å². The lowest BCUT2D eigenvalue weighted by Gasteiger charge is -2.27. The Morgan fingerprint density at radius 2 is 2.00 bits per heavy atom. The van der Waals surface area contributed by atoms with E-state index in [-0.39, 0.29) is 30.1 Å². The number of hydrogen-bond acceptors (Lipinski definition) is 4. The Labute approximate surface area is 181 Å². The first kappa shape index (κ1) is 20.2. The van der Waals surface area contributed by atoms with Gasteiger partial charge >= 0.3 is 0 Å². The highest BCUT2D eigenvalue weighted by atomic mass is 127. The maximum absolute atomic E-state index is 5.96. The molecule has 8 heteroatoms. The Bertz CT molecular complexity index is 972. The van der Waals surface area contributed by atoms with E-state index >= 15 is 0 Å². The van der Waals surface area contributed by atoms with Crippen molar-refractivity contribution in [3.05, 3.63) is 60.0 Å². The number of rotatable bonds is 4. The van der Waals surface area contributed by atoms with Crippen molar-refractivity contribution in [2.75, 3.05) is 20.2 Å². The summed E-state index contributed by atoms with van der Waals surface area (Å²) in [7, 11) is 1.75. The molecular formula is C20H24IN5O2. The summed E-state index contributed by atoms with van der Waals surface area (Å²) in [6.45, 7) is 3.76. The first-order chi connectivity index (χ1) is 13.2. The zero-order chi connectivity index (χ0) is 18.6. The fraction of sp³-hybridized carbons (Fsp3) is 0.300. The Kier molecular flexibility index (Phi) is 6.61. The van der Waals surface area contributed by atoms with E-state index in [0.29, 0.717) is 25.7 Å². The van der Waals surface area contributed by atoms with Crippen LogP contribution in [-0.4, -0.2) is 41.6 Å². The van der Waals surface area contributed by atoms with E-state index in [1.807, 2.05) is 42.6 Å². The summed E-state index contributed by atoms with van der Waals surface area (Å²) in [5.74, 6) is 2.27.